The summed E-state index contributed by atoms with van der Waals surface area (Å²) < 4.78 is 10.6. The molecule has 4 nitrogen and oxygen atoms in total. The minimum Gasteiger partial charge on any atom is -0.454 e. The Morgan fingerprint density at radius 1 is 1.22 bits per heavy atom. The first-order valence-corrected chi connectivity index (χ1v) is 5.76. The van der Waals surface area contributed by atoms with Crippen LogP contribution in [0.25, 0.3) is 0 Å². The van der Waals surface area contributed by atoms with Gasteiger partial charge >= 0.3 is 0 Å². The molecule has 2 aromatic rings. The molecular formula is C14H13N2O2+. The molecule has 0 spiro atoms. The number of hydrogen-bond acceptors (Lipinski definition) is 3. The zero-order chi connectivity index (χ0) is 12.2. The average molecular weight is 241 g/mol. The lowest BCUT2D eigenvalue weighted by atomic mass is 10.2. The summed E-state index contributed by atoms with van der Waals surface area (Å²) in [6, 6.07) is 9.80. The number of H-pyrrole nitrogens is 1. The van der Waals surface area contributed by atoms with Crippen LogP contribution >= 0.6 is 0 Å². The van der Waals surface area contributed by atoms with Crippen LogP contribution in [0.1, 0.15) is 11.1 Å². The fraction of sp³-hybridized carbons (Fsp3) is 0.143. The van der Waals surface area contributed by atoms with E-state index in [1.54, 1.807) is 0 Å². The van der Waals surface area contributed by atoms with Crippen molar-refractivity contribution in [1.29, 1.82) is 0 Å². The SMILES string of the molecule is C(=NCc1ccc[nH+]c1)c1ccc2c(c1)OCO2. The molecule has 0 amide bonds. The zero-order valence-corrected chi connectivity index (χ0v) is 9.80. The van der Waals surface area contributed by atoms with Gasteiger partial charge in [0.1, 0.15) is 0 Å². The predicted octanol–water partition coefficient (Wildman–Crippen LogP) is 1.85. The Balaban J connectivity index is 1.69. The lowest BCUT2D eigenvalue weighted by Gasteiger charge is -1.97. The van der Waals surface area contributed by atoms with E-state index < -0.39 is 0 Å². The molecule has 0 aliphatic carbocycles. The summed E-state index contributed by atoms with van der Waals surface area (Å²) >= 11 is 0. The van der Waals surface area contributed by atoms with Crippen molar-refractivity contribution in [2.75, 3.05) is 6.79 Å². The van der Waals surface area contributed by atoms with E-state index in [0.717, 1.165) is 22.6 Å². The normalized spacial score (nSPS) is 13.1. The van der Waals surface area contributed by atoms with Crippen molar-refractivity contribution in [2.45, 2.75) is 6.54 Å². The van der Waals surface area contributed by atoms with E-state index in [4.69, 9.17) is 9.47 Å². The molecule has 0 unspecified atom stereocenters. The van der Waals surface area contributed by atoms with Gasteiger partial charge < -0.3 is 9.47 Å². The number of benzene rings is 1. The summed E-state index contributed by atoms with van der Waals surface area (Å²) in [7, 11) is 0. The Kier molecular flexibility index (Phi) is 2.92. The molecule has 1 aliphatic rings. The number of aromatic nitrogens is 1. The summed E-state index contributed by atoms with van der Waals surface area (Å²) in [6.45, 7) is 0.960. The molecule has 0 saturated heterocycles. The third-order valence-corrected chi connectivity index (χ3v) is 2.68. The second-order valence-corrected chi connectivity index (χ2v) is 3.99. The third-order valence-electron chi connectivity index (χ3n) is 2.68. The van der Waals surface area contributed by atoms with E-state index in [1.807, 2.05) is 48.9 Å². The molecule has 90 valence electrons. The highest BCUT2D eigenvalue weighted by atomic mass is 16.7. The highest BCUT2D eigenvalue weighted by Crippen LogP contribution is 2.31. The van der Waals surface area contributed by atoms with Gasteiger partial charge in [-0.2, -0.15) is 0 Å². The Morgan fingerprint density at radius 2 is 2.17 bits per heavy atom. The number of aromatic amines is 1. The fourth-order valence-electron chi connectivity index (χ4n) is 1.78. The lowest BCUT2D eigenvalue weighted by molar-refractivity contribution is -0.378. The molecule has 1 aliphatic heterocycles. The highest BCUT2D eigenvalue weighted by Gasteiger charge is 2.12. The summed E-state index contributed by atoms with van der Waals surface area (Å²) in [6.07, 6.45) is 5.66. The molecule has 3 rings (SSSR count). The molecule has 1 N–H and O–H groups in total. The van der Waals surface area contributed by atoms with Gasteiger partial charge in [-0.15, -0.1) is 0 Å². The number of ether oxygens (including phenoxy) is 2. The van der Waals surface area contributed by atoms with Crippen molar-refractivity contribution >= 4 is 6.21 Å². The number of pyridine rings is 1. The van der Waals surface area contributed by atoms with Crippen molar-refractivity contribution in [3.8, 4) is 11.5 Å². The summed E-state index contributed by atoms with van der Waals surface area (Å²) in [5.74, 6) is 1.58. The van der Waals surface area contributed by atoms with Gasteiger partial charge in [-0.3, -0.25) is 4.99 Å². The van der Waals surface area contributed by atoms with Gasteiger partial charge in [0.2, 0.25) is 6.79 Å². The van der Waals surface area contributed by atoms with E-state index >= 15 is 0 Å². The number of nitrogens with one attached hydrogen (secondary N) is 1. The van der Waals surface area contributed by atoms with Crippen LogP contribution in [0.5, 0.6) is 11.5 Å². The molecule has 1 aromatic heterocycles. The molecule has 0 saturated carbocycles. The maximum Gasteiger partial charge on any atom is 0.231 e. The highest BCUT2D eigenvalue weighted by molar-refractivity contribution is 5.81. The summed E-state index contributed by atoms with van der Waals surface area (Å²) in [5.41, 5.74) is 2.16. The zero-order valence-electron chi connectivity index (χ0n) is 9.80. The Labute approximate surface area is 105 Å². The first-order valence-electron chi connectivity index (χ1n) is 5.76. The van der Waals surface area contributed by atoms with Gasteiger partial charge in [-0.05, 0) is 29.8 Å². The summed E-state index contributed by atoms with van der Waals surface area (Å²) in [5, 5.41) is 0. The van der Waals surface area contributed by atoms with Crippen molar-refractivity contribution in [1.82, 2.24) is 0 Å². The minimum absolute atomic E-state index is 0.301. The smallest absolute Gasteiger partial charge is 0.231 e. The van der Waals surface area contributed by atoms with Crippen LogP contribution in [-0.2, 0) is 6.54 Å². The van der Waals surface area contributed by atoms with E-state index in [0.29, 0.717) is 13.3 Å². The number of rotatable bonds is 3. The van der Waals surface area contributed by atoms with Crippen molar-refractivity contribution in [3.05, 3.63) is 53.9 Å². The van der Waals surface area contributed by atoms with Gasteiger partial charge in [-0.1, -0.05) is 0 Å². The van der Waals surface area contributed by atoms with Crippen LogP contribution in [-0.4, -0.2) is 13.0 Å². The van der Waals surface area contributed by atoms with E-state index in [-0.39, 0.29) is 0 Å². The van der Waals surface area contributed by atoms with Gasteiger partial charge in [0, 0.05) is 17.8 Å². The van der Waals surface area contributed by atoms with Crippen LogP contribution in [0.15, 0.2) is 47.7 Å². The van der Waals surface area contributed by atoms with Gasteiger partial charge in [-0.25, -0.2) is 4.98 Å². The molecule has 0 atom stereocenters. The Hall–Kier alpha value is -2.36. The first-order chi connectivity index (χ1) is 8.92. The van der Waals surface area contributed by atoms with Crippen LogP contribution in [0.4, 0.5) is 0 Å². The maximum absolute atomic E-state index is 5.31. The third kappa shape index (κ3) is 2.32. The molecule has 0 fully saturated rings. The van der Waals surface area contributed by atoms with Gasteiger partial charge in [0.25, 0.3) is 0 Å². The van der Waals surface area contributed by atoms with Gasteiger partial charge in [0.05, 0.1) is 6.54 Å². The number of nitrogens with zero attached hydrogens (tertiary/aromatic N) is 1. The topological polar surface area (TPSA) is 45.0 Å². The van der Waals surface area contributed by atoms with Crippen LogP contribution in [0.3, 0.4) is 0 Å². The molecule has 0 radical (unpaired) electrons. The van der Waals surface area contributed by atoms with Crippen LogP contribution < -0.4 is 14.5 Å². The predicted molar refractivity (Wildman–Crippen MR) is 66.9 cm³/mol. The van der Waals surface area contributed by atoms with E-state index in [2.05, 4.69) is 9.98 Å². The molecule has 0 bridgehead atoms. The first kappa shape index (κ1) is 10.8. The Bertz CT molecular complexity index is 567. The standard InChI is InChI=1S/C14H12N2O2/c1-2-12(8-15-5-1)9-16-7-11-3-4-13-14(6-11)18-10-17-13/h1-8H,9-10H2/p+1. The molecule has 1 aromatic carbocycles. The van der Waals surface area contributed by atoms with Crippen molar-refractivity contribution in [3.63, 3.8) is 0 Å². The van der Waals surface area contributed by atoms with Crippen LogP contribution in [0.2, 0.25) is 0 Å². The van der Waals surface area contributed by atoms with Crippen LogP contribution in [0, 0.1) is 0 Å². The van der Waals surface area contributed by atoms with E-state index in [9.17, 15) is 0 Å². The largest absolute Gasteiger partial charge is 0.454 e. The minimum atomic E-state index is 0.301. The van der Waals surface area contributed by atoms with Gasteiger partial charge in [0.15, 0.2) is 23.9 Å². The second-order valence-electron chi connectivity index (χ2n) is 3.99. The quantitative estimate of drug-likeness (QED) is 0.770. The fourth-order valence-corrected chi connectivity index (χ4v) is 1.78. The molecule has 18 heavy (non-hydrogen) atoms. The van der Waals surface area contributed by atoms with Crippen molar-refractivity contribution < 1.29 is 14.5 Å². The molecule has 2 heterocycles. The number of fused-ring (bicyclic) bond motifs is 1. The Morgan fingerprint density at radius 3 is 3.06 bits per heavy atom. The monoisotopic (exact) mass is 241 g/mol. The van der Waals surface area contributed by atoms with E-state index in [1.165, 1.54) is 0 Å². The lowest BCUT2D eigenvalue weighted by Crippen LogP contribution is -2.00. The number of hydrogen-bond donors (Lipinski definition) is 0. The maximum atomic E-state index is 5.31. The molecular weight excluding hydrogens is 228 g/mol. The second kappa shape index (κ2) is 4.87. The molecule has 4 heteroatoms. The summed E-state index contributed by atoms with van der Waals surface area (Å²) in [4.78, 5) is 7.43. The number of aliphatic imine (C=N–C) groups is 1. The van der Waals surface area contributed by atoms with Crippen molar-refractivity contribution in [2.24, 2.45) is 4.99 Å². The average Bonchev–Trinajstić information content (AvgIpc) is 2.87.